The molecule has 1 fully saturated rings. The molecule has 1 saturated heterocycles. The molecule has 5 nitrogen and oxygen atoms in total. The summed E-state index contributed by atoms with van der Waals surface area (Å²) in [5, 5.41) is 11.9. The van der Waals surface area contributed by atoms with Crippen molar-refractivity contribution in [2.75, 3.05) is 12.0 Å². The van der Waals surface area contributed by atoms with Crippen molar-refractivity contribution in [3.8, 4) is 5.75 Å². The number of carbonyl (C=O) groups excluding carboxylic acids is 2. The van der Waals surface area contributed by atoms with Gasteiger partial charge in [0.1, 0.15) is 11.5 Å². The third kappa shape index (κ3) is 5.33. The monoisotopic (exact) mass is 545 g/mol. The lowest BCUT2D eigenvalue weighted by Crippen LogP contribution is -2.29. The molecule has 39 heavy (non-hydrogen) atoms. The molecule has 1 aliphatic heterocycles. The Kier molecular flexibility index (Phi) is 7.44. The second kappa shape index (κ2) is 10.2. The number of hydrogen-bond acceptors (Lipinski definition) is 4. The zero-order valence-electron chi connectivity index (χ0n) is 23.8. The number of amides is 1. The summed E-state index contributed by atoms with van der Waals surface area (Å²) < 4.78 is 5.49. The van der Waals surface area contributed by atoms with E-state index >= 15 is 0 Å². The quantitative estimate of drug-likeness (QED) is 0.206. The Morgan fingerprint density at radius 1 is 0.872 bits per heavy atom. The average molecular weight is 546 g/mol. The number of rotatable bonds is 4. The van der Waals surface area contributed by atoms with Crippen molar-refractivity contribution >= 4 is 34.7 Å². The lowest BCUT2D eigenvalue weighted by Gasteiger charge is -2.27. The summed E-state index contributed by atoms with van der Waals surface area (Å²) in [7, 11) is 1.45. The van der Waals surface area contributed by atoms with Crippen molar-refractivity contribution in [3.05, 3.63) is 99.1 Å². The Balaban J connectivity index is 1.97. The summed E-state index contributed by atoms with van der Waals surface area (Å²) in [5.41, 5.74) is 4.39. The first-order valence-electron chi connectivity index (χ1n) is 13.0. The number of halogens is 1. The fraction of sp³-hybridized carbons (Fsp3) is 0.333. The maximum atomic E-state index is 13.6. The number of carbonyl (C=O) groups is 2. The maximum absolute atomic E-state index is 13.6. The molecule has 3 aromatic carbocycles. The van der Waals surface area contributed by atoms with Gasteiger partial charge < -0.3 is 9.84 Å². The predicted molar refractivity (Wildman–Crippen MR) is 158 cm³/mol. The summed E-state index contributed by atoms with van der Waals surface area (Å²) in [5.74, 6) is -1.56. The van der Waals surface area contributed by atoms with Crippen LogP contribution in [0.25, 0.3) is 5.76 Å². The van der Waals surface area contributed by atoms with E-state index in [1.807, 2.05) is 55.5 Å². The highest BCUT2D eigenvalue weighted by molar-refractivity contribution is 6.51. The number of hydrogen-bond donors (Lipinski definition) is 1. The van der Waals surface area contributed by atoms with E-state index < -0.39 is 17.7 Å². The molecule has 6 heteroatoms. The van der Waals surface area contributed by atoms with E-state index in [0.29, 0.717) is 16.3 Å². The van der Waals surface area contributed by atoms with E-state index in [1.54, 1.807) is 12.1 Å². The summed E-state index contributed by atoms with van der Waals surface area (Å²) in [6.07, 6.45) is 0. The fourth-order valence-corrected chi connectivity index (χ4v) is 5.31. The molecule has 1 atom stereocenters. The van der Waals surface area contributed by atoms with E-state index in [2.05, 4.69) is 41.5 Å². The minimum Gasteiger partial charge on any atom is -0.507 e. The number of anilines is 1. The molecule has 1 amide bonds. The van der Waals surface area contributed by atoms with Crippen molar-refractivity contribution in [3.63, 3.8) is 0 Å². The number of methoxy groups -OCH3 is 1. The van der Waals surface area contributed by atoms with Crippen molar-refractivity contribution in [1.82, 2.24) is 0 Å². The van der Waals surface area contributed by atoms with Crippen LogP contribution in [-0.2, 0) is 20.4 Å². The van der Waals surface area contributed by atoms with E-state index in [1.165, 1.54) is 12.0 Å². The van der Waals surface area contributed by atoms with Crippen LogP contribution in [-0.4, -0.2) is 23.9 Å². The fourth-order valence-electron chi connectivity index (χ4n) is 4.96. The van der Waals surface area contributed by atoms with Gasteiger partial charge >= 0.3 is 0 Å². The van der Waals surface area contributed by atoms with E-state index in [9.17, 15) is 14.7 Å². The minimum atomic E-state index is -0.844. The van der Waals surface area contributed by atoms with Crippen LogP contribution in [0.3, 0.4) is 0 Å². The van der Waals surface area contributed by atoms with Crippen LogP contribution in [0.4, 0.5) is 5.69 Å². The highest BCUT2D eigenvalue weighted by Crippen LogP contribution is 2.45. The second-order valence-corrected chi connectivity index (χ2v) is 12.6. The Morgan fingerprint density at radius 3 is 1.87 bits per heavy atom. The zero-order valence-corrected chi connectivity index (χ0v) is 24.6. The Labute approximate surface area is 236 Å². The molecular formula is C33H36ClNO4. The number of nitrogens with zero attached hydrogens (tertiary/aromatic N) is 1. The molecule has 4 rings (SSSR count). The molecule has 204 valence electrons. The van der Waals surface area contributed by atoms with Crippen molar-refractivity contribution in [2.24, 2.45) is 0 Å². The predicted octanol–water partition coefficient (Wildman–Crippen LogP) is 7.88. The number of benzene rings is 3. The van der Waals surface area contributed by atoms with Crippen molar-refractivity contribution in [1.29, 1.82) is 0 Å². The maximum Gasteiger partial charge on any atom is 0.300 e. The van der Waals surface area contributed by atoms with Crippen molar-refractivity contribution in [2.45, 2.75) is 65.3 Å². The normalized spacial score (nSPS) is 17.6. The molecule has 1 heterocycles. The summed E-state index contributed by atoms with van der Waals surface area (Å²) in [6, 6.07) is 18.1. The summed E-state index contributed by atoms with van der Waals surface area (Å²) in [6.45, 7) is 14.6. The molecule has 1 aliphatic rings. The van der Waals surface area contributed by atoms with E-state index in [4.69, 9.17) is 16.3 Å². The number of ether oxygens (including phenoxy) is 1. The first-order valence-corrected chi connectivity index (χ1v) is 13.4. The lowest BCUT2D eigenvalue weighted by molar-refractivity contribution is -0.132. The molecule has 0 aromatic heterocycles. The smallest absolute Gasteiger partial charge is 0.300 e. The molecule has 0 spiro atoms. The number of aliphatic hydroxyl groups is 1. The van der Waals surface area contributed by atoms with Crippen LogP contribution in [0.15, 0.2) is 66.2 Å². The van der Waals surface area contributed by atoms with Gasteiger partial charge in [-0.1, -0.05) is 89.5 Å². The van der Waals surface area contributed by atoms with Crippen LogP contribution in [0.1, 0.15) is 75.4 Å². The van der Waals surface area contributed by atoms with Crippen LogP contribution in [0, 0.1) is 6.92 Å². The molecular weight excluding hydrogens is 510 g/mol. The zero-order chi connectivity index (χ0) is 28.9. The average Bonchev–Trinajstić information content (AvgIpc) is 3.12. The molecule has 1 unspecified atom stereocenters. The highest BCUT2D eigenvalue weighted by Gasteiger charge is 2.47. The number of aryl methyl sites for hydroxylation is 1. The van der Waals surface area contributed by atoms with Gasteiger partial charge in [-0.25, -0.2) is 0 Å². The topological polar surface area (TPSA) is 66.8 Å². The van der Waals surface area contributed by atoms with Gasteiger partial charge in [0.25, 0.3) is 11.7 Å². The van der Waals surface area contributed by atoms with Gasteiger partial charge in [0.2, 0.25) is 0 Å². The summed E-state index contributed by atoms with van der Waals surface area (Å²) in [4.78, 5) is 28.7. The number of Topliss-reactive ketones (excluding diaryl/α,β-unsaturated/α-hetero) is 1. The molecule has 1 N–H and O–H groups in total. The molecule has 0 bridgehead atoms. The first-order chi connectivity index (χ1) is 18.1. The van der Waals surface area contributed by atoms with Gasteiger partial charge in [-0.2, -0.15) is 0 Å². The second-order valence-electron chi connectivity index (χ2n) is 12.2. The molecule has 0 radical (unpaired) electrons. The highest BCUT2D eigenvalue weighted by atomic mass is 35.5. The Hall–Kier alpha value is -3.57. The SMILES string of the molecule is COc1c(Cl)cc(C)cc1/C(O)=C1\C(=O)C(=O)N(c2ccc(C(C)(C)C)cc2)C1c1ccc(C(C)(C)C)cc1. The van der Waals surface area contributed by atoms with Gasteiger partial charge in [0.05, 0.1) is 29.3 Å². The molecule has 0 saturated carbocycles. The third-order valence-corrected chi connectivity index (χ3v) is 7.48. The Bertz CT molecular complexity index is 1460. The van der Waals surface area contributed by atoms with Gasteiger partial charge in [0.15, 0.2) is 0 Å². The third-order valence-electron chi connectivity index (χ3n) is 7.20. The molecule has 3 aromatic rings. The number of ketones is 1. The van der Waals surface area contributed by atoms with Crippen molar-refractivity contribution < 1.29 is 19.4 Å². The van der Waals surface area contributed by atoms with Crippen LogP contribution in [0.2, 0.25) is 5.02 Å². The largest absolute Gasteiger partial charge is 0.507 e. The van der Waals surface area contributed by atoms with Crippen LogP contribution >= 0.6 is 11.6 Å². The van der Waals surface area contributed by atoms with E-state index in [-0.39, 0.29) is 33.5 Å². The first kappa shape index (κ1) is 28.4. The van der Waals surface area contributed by atoms with Gasteiger partial charge in [-0.15, -0.1) is 0 Å². The Morgan fingerprint density at radius 2 is 1.38 bits per heavy atom. The number of aliphatic hydroxyl groups excluding tert-OH is 1. The van der Waals surface area contributed by atoms with Gasteiger partial charge in [-0.3, -0.25) is 14.5 Å². The van der Waals surface area contributed by atoms with E-state index in [0.717, 1.165) is 16.7 Å². The van der Waals surface area contributed by atoms with Gasteiger partial charge in [0, 0.05) is 5.69 Å². The standard InChI is InChI=1S/C33H36ClNO4/c1-19-17-24(30(39-8)25(34)18-19)28(36)26-27(20-9-11-21(12-10-20)32(2,3)4)35(31(38)29(26)37)23-15-13-22(14-16-23)33(5,6)7/h9-18,27,36H,1-8H3/b28-26+. The van der Waals surface area contributed by atoms with Crippen LogP contribution < -0.4 is 9.64 Å². The minimum absolute atomic E-state index is 0.0108. The van der Waals surface area contributed by atoms with Gasteiger partial charge in [-0.05, 0) is 64.3 Å². The summed E-state index contributed by atoms with van der Waals surface area (Å²) >= 11 is 6.42. The lowest BCUT2D eigenvalue weighted by atomic mass is 9.85. The van der Waals surface area contributed by atoms with Crippen LogP contribution in [0.5, 0.6) is 5.75 Å². The molecule has 0 aliphatic carbocycles.